The molecule has 0 saturated carbocycles. The molecule has 0 unspecified atom stereocenters. The van der Waals surface area contributed by atoms with Gasteiger partial charge in [0.05, 0.1) is 30.2 Å². The summed E-state index contributed by atoms with van der Waals surface area (Å²) in [7, 11) is 1.74. The number of amides is 2. The Hall–Kier alpha value is -3.56. The van der Waals surface area contributed by atoms with Gasteiger partial charge in [0.2, 0.25) is 5.91 Å². The molecule has 0 aliphatic carbocycles. The molecule has 2 aromatic carbocycles. The summed E-state index contributed by atoms with van der Waals surface area (Å²) in [6.45, 7) is 2.62. The topological polar surface area (TPSA) is 94.9 Å². The molecule has 0 saturated heterocycles. The van der Waals surface area contributed by atoms with E-state index in [0.29, 0.717) is 52.4 Å². The number of carbonyl (C=O) groups is 2. The summed E-state index contributed by atoms with van der Waals surface area (Å²) in [5.74, 6) is 0.707. The quantitative estimate of drug-likeness (QED) is 0.566. The zero-order chi connectivity index (χ0) is 24.1. The summed E-state index contributed by atoms with van der Waals surface area (Å²) in [6.07, 6.45) is 1.64. The predicted molar refractivity (Wildman–Crippen MR) is 127 cm³/mol. The molecule has 2 heterocycles. The Morgan fingerprint density at radius 1 is 1.09 bits per heavy atom. The van der Waals surface area contributed by atoms with Crippen LogP contribution in [0.5, 0.6) is 17.2 Å². The van der Waals surface area contributed by atoms with E-state index in [1.165, 1.54) is 4.90 Å². The Balaban J connectivity index is 1.62. The maximum atomic E-state index is 13.2. The van der Waals surface area contributed by atoms with E-state index in [2.05, 4.69) is 10.4 Å². The van der Waals surface area contributed by atoms with Crippen molar-refractivity contribution in [2.75, 3.05) is 38.2 Å². The molecular weight excluding hydrogens is 460 g/mol. The summed E-state index contributed by atoms with van der Waals surface area (Å²) in [6, 6.07) is 12.1. The molecule has 1 aliphatic rings. The smallest absolute Gasteiger partial charge is 0.257 e. The molecular formula is C24H25ClN4O5. The van der Waals surface area contributed by atoms with Crippen LogP contribution in [0.2, 0.25) is 5.02 Å². The molecule has 34 heavy (non-hydrogen) atoms. The molecule has 3 aromatic rings. The average molecular weight is 485 g/mol. The van der Waals surface area contributed by atoms with Crippen LogP contribution in [-0.4, -0.2) is 59.4 Å². The lowest BCUT2D eigenvalue weighted by molar-refractivity contribution is -0.117. The number of fused-ring (bicyclic) bond motifs is 2. The highest BCUT2D eigenvalue weighted by Gasteiger charge is 2.23. The van der Waals surface area contributed by atoms with E-state index in [9.17, 15) is 9.59 Å². The fourth-order valence-electron chi connectivity index (χ4n) is 3.54. The first-order valence-electron chi connectivity index (χ1n) is 10.8. The lowest BCUT2D eigenvalue weighted by Gasteiger charge is -2.22. The zero-order valence-electron chi connectivity index (χ0n) is 18.9. The first-order chi connectivity index (χ1) is 16.4. The minimum Gasteiger partial charge on any atom is -0.487 e. The summed E-state index contributed by atoms with van der Waals surface area (Å²) in [4.78, 5) is 27.6. The van der Waals surface area contributed by atoms with Crippen molar-refractivity contribution in [3.05, 3.63) is 64.9 Å². The lowest BCUT2D eigenvalue weighted by atomic mass is 10.2. The molecule has 0 spiro atoms. The van der Waals surface area contributed by atoms with Crippen molar-refractivity contribution in [3.63, 3.8) is 0 Å². The third-order valence-corrected chi connectivity index (χ3v) is 5.38. The maximum absolute atomic E-state index is 13.2. The molecule has 0 atom stereocenters. The van der Waals surface area contributed by atoms with Crippen LogP contribution in [0, 0.1) is 6.92 Å². The maximum Gasteiger partial charge on any atom is 0.257 e. The van der Waals surface area contributed by atoms with Gasteiger partial charge in [-0.05, 0) is 37.3 Å². The number of aryl methyl sites for hydroxylation is 2. The van der Waals surface area contributed by atoms with Gasteiger partial charge in [-0.2, -0.15) is 5.10 Å². The predicted octanol–water partition coefficient (Wildman–Crippen LogP) is 3.66. The van der Waals surface area contributed by atoms with E-state index < -0.39 is 5.91 Å². The Morgan fingerprint density at radius 2 is 1.88 bits per heavy atom. The highest BCUT2D eigenvalue weighted by atomic mass is 35.5. The molecule has 4 rings (SSSR count). The van der Waals surface area contributed by atoms with E-state index in [-0.39, 0.29) is 25.6 Å². The Bertz CT molecular complexity index is 1200. The number of rotatable bonds is 1. The summed E-state index contributed by atoms with van der Waals surface area (Å²) in [5, 5.41) is 7.47. The monoisotopic (exact) mass is 484 g/mol. The van der Waals surface area contributed by atoms with Crippen LogP contribution < -0.4 is 14.8 Å². The van der Waals surface area contributed by atoms with E-state index in [0.717, 1.165) is 0 Å². The van der Waals surface area contributed by atoms with Gasteiger partial charge in [0.25, 0.3) is 5.91 Å². The molecule has 2 amide bonds. The Labute approximate surface area is 202 Å². The van der Waals surface area contributed by atoms with E-state index in [1.54, 1.807) is 55.2 Å². The number of carbonyl (C=O) groups excluding carboxylic acids is 2. The van der Waals surface area contributed by atoms with Crippen LogP contribution in [0.1, 0.15) is 16.1 Å². The van der Waals surface area contributed by atoms with Gasteiger partial charge >= 0.3 is 0 Å². The van der Waals surface area contributed by atoms with Crippen molar-refractivity contribution in [3.8, 4) is 17.2 Å². The van der Waals surface area contributed by atoms with Gasteiger partial charge in [0.1, 0.15) is 13.2 Å². The number of ether oxygens (including phenoxy) is 3. The molecule has 178 valence electrons. The highest BCUT2D eigenvalue weighted by molar-refractivity contribution is 6.31. The van der Waals surface area contributed by atoms with Crippen molar-refractivity contribution in [1.29, 1.82) is 0 Å². The zero-order valence-corrected chi connectivity index (χ0v) is 19.7. The standard InChI is InChI=1S/C24H25ClN4O5/c1-16-18(14-28(2)27-16)24(31)29-9-10-32-11-12-33-21-5-3-4-6-22(21)34-20-8-7-17(25)13-19(20)26-23(30)15-29/h3-8,13-14H,9-12,15H2,1-2H3,(H,26,30). The van der Waals surface area contributed by atoms with E-state index in [1.807, 2.05) is 12.1 Å². The largest absolute Gasteiger partial charge is 0.487 e. The highest BCUT2D eigenvalue weighted by Crippen LogP contribution is 2.36. The number of nitrogens with zero attached hydrogens (tertiary/aromatic N) is 3. The fraction of sp³-hybridized carbons (Fsp3) is 0.292. The Morgan fingerprint density at radius 3 is 2.65 bits per heavy atom. The number of nitrogens with one attached hydrogen (secondary N) is 1. The second kappa shape index (κ2) is 10.6. The summed E-state index contributed by atoms with van der Waals surface area (Å²) in [5.41, 5.74) is 1.39. The third-order valence-electron chi connectivity index (χ3n) is 5.14. The van der Waals surface area contributed by atoms with Gasteiger partial charge in [0.15, 0.2) is 17.2 Å². The normalized spacial score (nSPS) is 15.0. The van der Waals surface area contributed by atoms with Gasteiger partial charge < -0.3 is 24.4 Å². The lowest BCUT2D eigenvalue weighted by Crippen LogP contribution is -2.40. The number of halogens is 1. The number of hydrogen-bond donors (Lipinski definition) is 1. The van der Waals surface area contributed by atoms with Crippen molar-refractivity contribution in [2.24, 2.45) is 7.05 Å². The van der Waals surface area contributed by atoms with Gasteiger partial charge in [-0.15, -0.1) is 0 Å². The van der Waals surface area contributed by atoms with E-state index in [4.69, 9.17) is 25.8 Å². The number of para-hydroxylation sites is 2. The third kappa shape index (κ3) is 5.67. The first kappa shape index (κ1) is 23.6. The van der Waals surface area contributed by atoms with Crippen LogP contribution >= 0.6 is 11.6 Å². The molecule has 1 aromatic heterocycles. The number of aromatic nitrogens is 2. The van der Waals surface area contributed by atoms with Crippen molar-refractivity contribution < 1.29 is 23.8 Å². The Kier molecular flexibility index (Phi) is 7.34. The minimum atomic E-state index is -0.401. The van der Waals surface area contributed by atoms with Crippen LogP contribution in [0.3, 0.4) is 0 Å². The molecule has 0 bridgehead atoms. The molecule has 0 radical (unpaired) electrons. The first-order valence-corrected chi connectivity index (χ1v) is 11.1. The van der Waals surface area contributed by atoms with Gasteiger partial charge in [-0.1, -0.05) is 23.7 Å². The van der Waals surface area contributed by atoms with Crippen LogP contribution in [0.15, 0.2) is 48.7 Å². The second-order valence-corrected chi connectivity index (χ2v) is 8.16. The summed E-state index contributed by atoms with van der Waals surface area (Å²) < 4.78 is 19.1. The van der Waals surface area contributed by atoms with Gasteiger partial charge in [0, 0.05) is 24.8 Å². The molecule has 0 fully saturated rings. The second-order valence-electron chi connectivity index (χ2n) is 7.73. The SMILES string of the molecule is Cc1nn(C)cc1C(=O)N1CCOCCOc2ccccc2Oc2ccc(Cl)cc2NC(=O)C1. The van der Waals surface area contributed by atoms with Crippen molar-refractivity contribution in [2.45, 2.75) is 6.92 Å². The van der Waals surface area contributed by atoms with Crippen LogP contribution in [-0.2, 0) is 16.6 Å². The minimum absolute atomic E-state index is 0.185. The van der Waals surface area contributed by atoms with Gasteiger partial charge in [-0.3, -0.25) is 14.3 Å². The number of benzene rings is 2. The van der Waals surface area contributed by atoms with E-state index >= 15 is 0 Å². The molecule has 9 nitrogen and oxygen atoms in total. The van der Waals surface area contributed by atoms with Gasteiger partial charge in [-0.25, -0.2) is 0 Å². The van der Waals surface area contributed by atoms with Crippen molar-refractivity contribution >= 4 is 29.1 Å². The average Bonchev–Trinajstić information content (AvgIpc) is 3.14. The molecule has 1 aliphatic heterocycles. The molecule has 1 N–H and O–H groups in total. The van der Waals surface area contributed by atoms with Crippen LogP contribution in [0.4, 0.5) is 5.69 Å². The number of hydrogen-bond acceptors (Lipinski definition) is 6. The van der Waals surface area contributed by atoms with Crippen molar-refractivity contribution in [1.82, 2.24) is 14.7 Å². The van der Waals surface area contributed by atoms with Crippen LogP contribution in [0.25, 0.3) is 0 Å². The fourth-order valence-corrected chi connectivity index (χ4v) is 3.72. The molecule has 10 heteroatoms. The summed E-state index contributed by atoms with van der Waals surface area (Å²) >= 11 is 6.18. The number of anilines is 1.